The minimum absolute atomic E-state index is 0.123. The van der Waals surface area contributed by atoms with Crippen molar-refractivity contribution >= 4 is 28.4 Å². The second-order valence-corrected chi connectivity index (χ2v) is 12.3. The second kappa shape index (κ2) is 14.1. The SMILES string of the molecule is CCN(C)c1ccc(C(c2ccc(N(c3ccc(C)cc3)c3ccc(C)cc3)cc2)c2ccc(N(CC)CC)cc2C)c(C)c1. The van der Waals surface area contributed by atoms with Crippen molar-refractivity contribution in [2.75, 3.05) is 41.4 Å². The molecule has 0 N–H and O–H groups in total. The Hall–Kier alpha value is -4.50. The molecule has 0 bridgehead atoms. The maximum Gasteiger partial charge on any atom is 0.0461 e. The van der Waals surface area contributed by atoms with Crippen LogP contribution in [0.3, 0.4) is 0 Å². The highest BCUT2D eigenvalue weighted by molar-refractivity contribution is 5.77. The van der Waals surface area contributed by atoms with Gasteiger partial charge in [-0.05, 0) is 137 Å². The summed E-state index contributed by atoms with van der Waals surface area (Å²) in [4.78, 5) is 7.07. The van der Waals surface area contributed by atoms with Gasteiger partial charge in [-0.15, -0.1) is 0 Å². The van der Waals surface area contributed by atoms with Crippen LogP contribution in [0.15, 0.2) is 109 Å². The Labute approximate surface area is 271 Å². The molecule has 5 aromatic rings. The number of anilines is 5. The van der Waals surface area contributed by atoms with E-state index in [9.17, 15) is 0 Å². The molecule has 3 nitrogen and oxygen atoms in total. The summed E-state index contributed by atoms with van der Waals surface area (Å²) >= 11 is 0. The van der Waals surface area contributed by atoms with E-state index in [1.165, 1.54) is 50.3 Å². The lowest BCUT2D eigenvalue weighted by Crippen LogP contribution is -2.22. The van der Waals surface area contributed by atoms with Crippen molar-refractivity contribution in [3.05, 3.63) is 148 Å². The maximum absolute atomic E-state index is 2.42. The zero-order valence-corrected chi connectivity index (χ0v) is 28.4. The Bertz CT molecular complexity index is 1650. The molecule has 0 spiro atoms. The lowest BCUT2D eigenvalue weighted by Gasteiger charge is -2.28. The number of nitrogens with zero attached hydrogens (tertiary/aromatic N) is 3. The van der Waals surface area contributed by atoms with Crippen LogP contribution in [0, 0.1) is 27.7 Å². The zero-order chi connectivity index (χ0) is 32.1. The Morgan fingerprint density at radius 2 is 0.867 bits per heavy atom. The van der Waals surface area contributed by atoms with E-state index in [1.807, 2.05) is 0 Å². The molecular weight excluding hydrogens is 546 g/mol. The standard InChI is InChI=1S/C42H49N3/c1-9-43(8)38-24-26-40(32(6)28-38)42(41-27-25-39(29-33(41)7)44(10-2)11-3)34-16-22-37(23-17-34)45(35-18-12-30(4)13-19-35)36-20-14-31(5)15-21-36/h12-29,42H,9-11H2,1-8H3. The third-order valence-electron chi connectivity index (χ3n) is 9.24. The topological polar surface area (TPSA) is 9.72 Å². The third kappa shape index (κ3) is 6.93. The van der Waals surface area contributed by atoms with Crippen LogP contribution in [0.1, 0.15) is 65.6 Å². The fourth-order valence-electron chi connectivity index (χ4n) is 6.35. The van der Waals surface area contributed by atoms with Crippen LogP contribution in [0.2, 0.25) is 0 Å². The highest BCUT2D eigenvalue weighted by Gasteiger charge is 2.23. The molecule has 0 heterocycles. The number of aryl methyl sites for hydroxylation is 4. The number of hydrogen-bond acceptors (Lipinski definition) is 3. The van der Waals surface area contributed by atoms with Crippen LogP contribution < -0.4 is 14.7 Å². The van der Waals surface area contributed by atoms with Crippen LogP contribution in [0.25, 0.3) is 0 Å². The quantitative estimate of drug-likeness (QED) is 0.141. The maximum atomic E-state index is 2.42. The first-order chi connectivity index (χ1) is 21.7. The van der Waals surface area contributed by atoms with E-state index in [0.29, 0.717) is 0 Å². The van der Waals surface area contributed by atoms with Crippen molar-refractivity contribution in [3.63, 3.8) is 0 Å². The highest BCUT2D eigenvalue weighted by atomic mass is 15.1. The Kier molecular flexibility index (Phi) is 9.98. The van der Waals surface area contributed by atoms with Crippen molar-refractivity contribution in [2.45, 2.75) is 54.4 Å². The number of hydrogen-bond donors (Lipinski definition) is 0. The van der Waals surface area contributed by atoms with Crippen LogP contribution in [0.5, 0.6) is 0 Å². The van der Waals surface area contributed by atoms with Crippen molar-refractivity contribution in [1.29, 1.82) is 0 Å². The molecule has 1 unspecified atom stereocenters. The molecule has 0 fully saturated rings. The smallest absolute Gasteiger partial charge is 0.0461 e. The fraction of sp³-hybridized carbons (Fsp3) is 0.286. The van der Waals surface area contributed by atoms with Crippen molar-refractivity contribution in [1.82, 2.24) is 0 Å². The monoisotopic (exact) mass is 595 g/mol. The molecule has 0 radical (unpaired) electrons. The summed E-state index contributed by atoms with van der Waals surface area (Å²) in [5.41, 5.74) is 15.2. The third-order valence-corrected chi connectivity index (χ3v) is 9.24. The first-order valence-electron chi connectivity index (χ1n) is 16.4. The van der Waals surface area contributed by atoms with Gasteiger partial charge >= 0.3 is 0 Å². The first kappa shape index (κ1) is 31.9. The van der Waals surface area contributed by atoms with E-state index in [4.69, 9.17) is 0 Å². The predicted octanol–water partition coefficient (Wildman–Crippen LogP) is 10.9. The molecule has 1 atom stereocenters. The van der Waals surface area contributed by atoms with Gasteiger partial charge < -0.3 is 14.7 Å². The van der Waals surface area contributed by atoms with Crippen molar-refractivity contribution in [3.8, 4) is 0 Å². The Balaban J connectivity index is 1.62. The molecule has 232 valence electrons. The summed E-state index contributed by atoms with van der Waals surface area (Å²) in [7, 11) is 2.16. The van der Waals surface area contributed by atoms with Gasteiger partial charge in [-0.2, -0.15) is 0 Å². The van der Waals surface area contributed by atoms with E-state index >= 15 is 0 Å². The normalized spacial score (nSPS) is 11.7. The molecular formula is C42H49N3. The van der Waals surface area contributed by atoms with E-state index in [0.717, 1.165) is 36.7 Å². The Morgan fingerprint density at radius 1 is 0.467 bits per heavy atom. The molecule has 0 aliphatic heterocycles. The number of benzene rings is 5. The van der Waals surface area contributed by atoms with Crippen molar-refractivity contribution in [2.24, 2.45) is 0 Å². The van der Waals surface area contributed by atoms with E-state index in [-0.39, 0.29) is 5.92 Å². The van der Waals surface area contributed by atoms with Gasteiger partial charge in [-0.1, -0.05) is 59.7 Å². The fourth-order valence-corrected chi connectivity index (χ4v) is 6.35. The first-order valence-corrected chi connectivity index (χ1v) is 16.4. The summed E-state index contributed by atoms with van der Waals surface area (Å²) in [6.07, 6.45) is 0. The average molecular weight is 596 g/mol. The molecule has 0 aliphatic rings. The average Bonchev–Trinajstić information content (AvgIpc) is 3.05. The molecule has 0 aromatic heterocycles. The van der Waals surface area contributed by atoms with Gasteiger partial charge in [0.15, 0.2) is 0 Å². The van der Waals surface area contributed by atoms with E-state index in [1.54, 1.807) is 0 Å². The van der Waals surface area contributed by atoms with Gasteiger partial charge in [0.25, 0.3) is 0 Å². The van der Waals surface area contributed by atoms with Gasteiger partial charge in [-0.25, -0.2) is 0 Å². The molecule has 45 heavy (non-hydrogen) atoms. The van der Waals surface area contributed by atoms with E-state index in [2.05, 4.69) is 179 Å². The lowest BCUT2D eigenvalue weighted by atomic mass is 9.81. The summed E-state index contributed by atoms with van der Waals surface area (Å²) in [5.74, 6) is 0.123. The summed E-state index contributed by atoms with van der Waals surface area (Å²) in [5, 5.41) is 0. The molecule has 0 saturated carbocycles. The number of rotatable bonds is 11. The van der Waals surface area contributed by atoms with Gasteiger partial charge in [-0.3, -0.25) is 0 Å². The van der Waals surface area contributed by atoms with Crippen molar-refractivity contribution < 1.29 is 0 Å². The molecule has 5 aromatic carbocycles. The highest BCUT2D eigenvalue weighted by Crippen LogP contribution is 2.40. The minimum atomic E-state index is 0.123. The van der Waals surface area contributed by atoms with Gasteiger partial charge in [0.2, 0.25) is 0 Å². The second-order valence-electron chi connectivity index (χ2n) is 12.3. The van der Waals surface area contributed by atoms with E-state index < -0.39 is 0 Å². The van der Waals surface area contributed by atoms with Gasteiger partial charge in [0.1, 0.15) is 0 Å². The summed E-state index contributed by atoms with van der Waals surface area (Å²) in [6, 6.07) is 40.9. The van der Waals surface area contributed by atoms with Gasteiger partial charge in [0, 0.05) is 61.0 Å². The van der Waals surface area contributed by atoms with Gasteiger partial charge in [0.05, 0.1) is 0 Å². The van der Waals surface area contributed by atoms with Crippen LogP contribution in [-0.2, 0) is 0 Å². The molecule has 5 rings (SSSR count). The molecule has 0 amide bonds. The van der Waals surface area contributed by atoms with Crippen LogP contribution >= 0.6 is 0 Å². The minimum Gasteiger partial charge on any atom is -0.375 e. The summed E-state index contributed by atoms with van der Waals surface area (Å²) < 4.78 is 0. The van der Waals surface area contributed by atoms with Crippen LogP contribution in [0.4, 0.5) is 28.4 Å². The lowest BCUT2D eigenvalue weighted by molar-refractivity contribution is 0.862. The largest absolute Gasteiger partial charge is 0.375 e. The Morgan fingerprint density at radius 3 is 1.29 bits per heavy atom. The molecule has 0 saturated heterocycles. The van der Waals surface area contributed by atoms with Crippen LogP contribution in [-0.4, -0.2) is 26.7 Å². The molecule has 3 heteroatoms. The zero-order valence-electron chi connectivity index (χ0n) is 28.4. The molecule has 0 aliphatic carbocycles. The predicted molar refractivity (Wildman–Crippen MR) is 196 cm³/mol. The summed E-state index contributed by atoms with van der Waals surface area (Å²) in [6.45, 7) is 18.5.